The number of anilines is 1. The van der Waals surface area contributed by atoms with Crippen molar-refractivity contribution >= 4 is 11.4 Å². The van der Waals surface area contributed by atoms with Gasteiger partial charge in [0.1, 0.15) is 5.69 Å². The van der Waals surface area contributed by atoms with Gasteiger partial charge in [0.25, 0.3) is 11.2 Å². The summed E-state index contributed by atoms with van der Waals surface area (Å²) in [6, 6.07) is 8.12. The SMILES string of the molecule is Nc1c(Cn2c3c(ccc2=O)CCC3)cccc1[N+](=O)[O-]. The predicted octanol–water partition coefficient (Wildman–Crippen LogP) is 1.88. The highest BCUT2D eigenvalue weighted by atomic mass is 16.6. The maximum Gasteiger partial charge on any atom is 0.292 e. The molecule has 0 amide bonds. The summed E-state index contributed by atoms with van der Waals surface area (Å²) in [5, 5.41) is 10.9. The Morgan fingerprint density at radius 1 is 1.24 bits per heavy atom. The van der Waals surface area contributed by atoms with Gasteiger partial charge in [0.05, 0.1) is 11.5 Å². The van der Waals surface area contributed by atoms with Crippen molar-refractivity contribution in [2.75, 3.05) is 5.73 Å². The molecule has 0 aliphatic heterocycles. The predicted molar refractivity (Wildman–Crippen MR) is 79.3 cm³/mol. The Hall–Kier alpha value is -2.63. The minimum Gasteiger partial charge on any atom is -0.393 e. The first kappa shape index (κ1) is 13.4. The molecule has 0 fully saturated rings. The smallest absolute Gasteiger partial charge is 0.292 e. The van der Waals surface area contributed by atoms with Gasteiger partial charge in [0, 0.05) is 23.4 Å². The summed E-state index contributed by atoms with van der Waals surface area (Å²) in [4.78, 5) is 22.5. The molecule has 0 saturated carbocycles. The van der Waals surface area contributed by atoms with Gasteiger partial charge in [-0.05, 0) is 24.8 Å². The topological polar surface area (TPSA) is 91.2 Å². The van der Waals surface area contributed by atoms with Gasteiger partial charge >= 0.3 is 0 Å². The Kier molecular flexibility index (Phi) is 3.21. The number of pyridine rings is 1. The van der Waals surface area contributed by atoms with Crippen molar-refractivity contribution in [2.45, 2.75) is 25.8 Å². The van der Waals surface area contributed by atoms with Gasteiger partial charge in [-0.15, -0.1) is 0 Å². The summed E-state index contributed by atoms with van der Waals surface area (Å²) in [6.07, 6.45) is 2.86. The summed E-state index contributed by atoms with van der Waals surface area (Å²) in [7, 11) is 0. The number of nitro benzene ring substituents is 1. The second kappa shape index (κ2) is 5.05. The first-order valence-electron chi connectivity index (χ1n) is 6.81. The number of nitrogens with zero attached hydrogens (tertiary/aromatic N) is 2. The number of nitrogen functional groups attached to an aromatic ring is 1. The van der Waals surface area contributed by atoms with E-state index in [0.29, 0.717) is 5.56 Å². The third-order valence-corrected chi connectivity index (χ3v) is 3.95. The van der Waals surface area contributed by atoms with Gasteiger partial charge in [-0.2, -0.15) is 0 Å². The van der Waals surface area contributed by atoms with Crippen LogP contribution in [-0.2, 0) is 19.4 Å². The molecule has 0 unspecified atom stereocenters. The molecule has 21 heavy (non-hydrogen) atoms. The van der Waals surface area contributed by atoms with Crippen molar-refractivity contribution in [2.24, 2.45) is 0 Å². The molecule has 6 heteroatoms. The van der Waals surface area contributed by atoms with Gasteiger partial charge in [0.2, 0.25) is 0 Å². The molecular weight excluding hydrogens is 270 g/mol. The molecule has 3 rings (SSSR count). The lowest BCUT2D eigenvalue weighted by Crippen LogP contribution is -2.23. The third kappa shape index (κ3) is 2.29. The molecule has 2 aromatic rings. The van der Waals surface area contributed by atoms with Crippen LogP contribution in [0.25, 0.3) is 0 Å². The number of nitro groups is 1. The molecule has 0 spiro atoms. The summed E-state index contributed by atoms with van der Waals surface area (Å²) in [6.45, 7) is 0.273. The molecule has 0 atom stereocenters. The molecule has 1 aromatic carbocycles. The van der Waals surface area contributed by atoms with Crippen molar-refractivity contribution in [1.29, 1.82) is 0 Å². The van der Waals surface area contributed by atoms with Crippen LogP contribution < -0.4 is 11.3 Å². The van der Waals surface area contributed by atoms with Crippen molar-refractivity contribution in [1.82, 2.24) is 4.57 Å². The van der Waals surface area contributed by atoms with Crippen molar-refractivity contribution < 1.29 is 4.92 Å². The van der Waals surface area contributed by atoms with Gasteiger partial charge in [-0.25, -0.2) is 0 Å². The Morgan fingerprint density at radius 3 is 2.81 bits per heavy atom. The number of benzene rings is 1. The van der Waals surface area contributed by atoms with Crippen LogP contribution in [-0.4, -0.2) is 9.49 Å². The van der Waals surface area contributed by atoms with E-state index in [1.807, 2.05) is 6.07 Å². The second-order valence-corrected chi connectivity index (χ2v) is 5.19. The molecule has 6 nitrogen and oxygen atoms in total. The molecule has 0 bridgehead atoms. The molecule has 2 N–H and O–H groups in total. The standard InChI is InChI=1S/C15H15N3O3/c16-15-11(4-2-6-13(15)18(20)21)9-17-12-5-1-3-10(12)7-8-14(17)19/h2,4,6-8H,1,3,5,9,16H2. The van der Waals surface area contributed by atoms with E-state index in [0.717, 1.165) is 25.0 Å². The van der Waals surface area contributed by atoms with Crippen LogP contribution in [0.3, 0.4) is 0 Å². The number of rotatable bonds is 3. The summed E-state index contributed by atoms with van der Waals surface area (Å²) in [5.41, 5.74) is 8.59. The average molecular weight is 285 g/mol. The van der Waals surface area contributed by atoms with E-state index in [2.05, 4.69) is 0 Å². The lowest BCUT2D eigenvalue weighted by molar-refractivity contribution is -0.383. The zero-order valence-electron chi connectivity index (χ0n) is 11.4. The highest BCUT2D eigenvalue weighted by Gasteiger charge is 2.19. The van der Waals surface area contributed by atoms with E-state index in [1.54, 1.807) is 22.8 Å². The lowest BCUT2D eigenvalue weighted by atomic mass is 10.1. The number of hydrogen-bond acceptors (Lipinski definition) is 4. The molecular formula is C15H15N3O3. The van der Waals surface area contributed by atoms with E-state index in [9.17, 15) is 14.9 Å². The maximum atomic E-state index is 12.1. The van der Waals surface area contributed by atoms with Gasteiger partial charge in [-0.1, -0.05) is 18.2 Å². The van der Waals surface area contributed by atoms with E-state index in [-0.39, 0.29) is 23.5 Å². The maximum absolute atomic E-state index is 12.1. The highest BCUT2D eigenvalue weighted by Crippen LogP contribution is 2.27. The van der Waals surface area contributed by atoms with Gasteiger partial charge < -0.3 is 10.3 Å². The highest BCUT2D eigenvalue weighted by molar-refractivity contribution is 5.63. The van der Waals surface area contributed by atoms with E-state index >= 15 is 0 Å². The Morgan fingerprint density at radius 2 is 2.05 bits per heavy atom. The lowest BCUT2D eigenvalue weighted by Gasteiger charge is -2.13. The third-order valence-electron chi connectivity index (χ3n) is 3.95. The normalized spacial score (nSPS) is 13.1. The average Bonchev–Trinajstić information content (AvgIpc) is 2.92. The van der Waals surface area contributed by atoms with Crippen LogP contribution in [0.1, 0.15) is 23.2 Å². The molecule has 1 aromatic heterocycles. The quantitative estimate of drug-likeness (QED) is 0.529. The molecule has 1 aliphatic carbocycles. The van der Waals surface area contributed by atoms with Crippen LogP contribution in [0.4, 0.5) is 11.4 Å². The number of hydrogen-bond donors (Lipinski definition) is 1. The fourth-order valence-electron chi connectivity index (χ4n) is 2.87. The van der Waals surface area contributed by atoms with E-state index in [1.165, 1.54) is 11.6 Å². The molecule has 0 saturated heterocycles. The van der Waals surface area contributed by atoms with Crippen molar-refractivity contribution in [3.63, 3.8) is 0 Å². The van der Waals surface area contributed by atoms with Gasteiger partial charge in [-0.3, -0.25) is 14.9 Å². The van der Waals surface area contributed by atoms with Crippen LogP contribution in [0.5, 0.6) is 0 Å². The van der Waals surface area contributed by atoms with Crippen molar-refractivity contribution in [3.8, 4) is 0 Å². The van der Waals surface area contributed by atoms with Gasteiger partial charge in [0.15, 0.2) is 0 Å². The number of fused-ring (bicyclic) bond motifs is 1. The largest absolute Gasteiger partial charge is 0.393 e. The second-order valence-electron chi connectivity index (χ2n) is 5.19. The summed E-state index contributed by atoms with van der Waals surface area (Å²) < 4.78 is 1.68. The molecule has 1 heterocycles. The minimum atomic E-state index is -0.503. The van der Waals surface area contributed by atoms with Crippen LogP contribution in [0.2, 0.25) is 0 Å². The Balaban J connectivity index is 2.06. The Bertz CT molecular complexity index is 780. The first-order valence-corrected chi connectivity index (χ1v) is 6.81. The summed E-state index contributed by atoms with van der Waals surface area (Å²) >= 11 is 0. The summed E-state index contributed by atoms with van der Waals surface area (Å²) in [5.74, 6) is 0. The fraction of sp³-hybridized carbons (Fsp3) is 0.267. The zero-order chi connectivity index (χ0) is 15.0. The molecule has 108 valence electrons. The molecule has 1 aliphatic rings. The zero-order valence-corrected chi connectivity index (χ0v) is 11.4. The number of nitrogens with two attached hydrogens (primary N) is 1. The molecule has 0 radical (unpaired) electrons. The fourth-order valence-corrected chi connectivity index (χ4v) is 2.87. The number of para-hydroxylation sites is 1. The minimum absolute atomic E-state index is 0.0958. The number of aryl methyl sites for hydroxylation is 1. The number of aromatic nitrogens is 1. The Labute approximate surface area is 121 Å². The monoisotopic (exact) mass is 285 g/mol. The van der Waals surface area contributed by atoms with Crippen molar-refractivity contribution in [3.05, 3.63) is 67.6 Å². The van der Waals surface area contributed by atoms with Crippen LogP contribution in [0.15, 0.2) is 35.1 Å². The van der Waals surface area contributed by atoms with Crippen LogP contribution >= 0.6 is 0 Å². The first-order chi connectivity index (χ1) is 10.1. The van der Waals surface area contributed by atoms with E-state index in [4.69, 9.17) is 5.73 Å². The van der Waals surface area contributed by atoms with Crippen LogP contribution in [0, 0.1) is 10.1 Å². The van der Waals surface area contributed by atoms with E-state index < -0.39 is 4.92 Å².